The van der Waals surface area contributed by atoms with Gasteiger partial charge in [-0.05, 0) is 31.0 Å². The van der Waals surface area contributed by atoms with Crippen molar-refractivity contribution in [1.82, 2.24) is 5.32 Å². The van der Waals surface area contributed by atoms with E-state index in [1.54, 1.807) is 11.8 Å². The van der Waals surface area contributed by atoms with Crippen molar-refractivity contribution in [3.63, 3.8) is 0 Å². The van der Waals surface area contributed by atoms with Crippen molar-refractivity contribution in [1.29, 1.82) is 0 Å². The average Bonchev–Trinajstić information content (AvgIpc) is 2.55. The Kier molecular flexibility index (Phi) is 7.54. The van der Waals surface area contributed by atoms with Crippen molar-refractivity contribution in [3.05, 3.63) is 65.7 Å². The van der Waals surface area contributed by atoms with Gasteiger partial charge in [-0.3, -0.25) is 4.79 Å². The molecule has 0 aliphatic heterocycles. The van der Waals surface area contributed by atoms with Crippen molar-refractivity contribution in [2.24, 2.45) is 0 Å². The second-order valence-electron chi connectivity index (χ2n) is 5.48. The zero-order chi connectivity index (χ0) is 16.3. The van der Waals surface area contributed by atoms with Crippen LogP contribution in [0.1, 0.15) is 17.5 Å². The molecule has 0 radical (unpaired) electrons. The Labute approximate surface area is 142 Å². The number of amides is 1. The molecule has 1 amide bonds. The molecule has 0 aliphatic carbocycles. The quantitative estimate of drug-likeness (QED) is 0.687. The summed E-state index contributed by atoms with van der Waals surface area (Å²) in [5.74, 6) is 1.51. The Morgan fingerprint density at radius 2 is 1.87 bits per heavy atom. The molecule has 0 saturated carbocycles. The van der Waals surface area contributed by atoms with E-state index in [0.29, 0.717) is 12.3 Å². The van der Waals surface area contributed by atoms with Gasteiger partial charge < -0.3 is 10.6 Å². The first-order valence-electron chi connectivity index (χ1n) is 7.93. The molecule has 0 aliphatic rings. The predicted molar refractivity (Wildman–Crippen MR) is 99.9 cm³/mol. The molecule has 0 spiro atoms. The molecule has 2 rings (SSSR count). The van der Waals surface area contributed by atoms with Gasteiger partial charge >= 0.3 is 0 Å². The minimum Gasteiger partial charge on any atom is -0.385 e. The van der Waals surface area contributed by atoms with Crippen molar-refractivity contribution in [2.45, 2.75) is 19.1 Å². The molecule has 0 bridgehead atoms. The molecule has 0 unspecified atom stereocenters. The summed E-state index contributed by atoms with van der Waals surface area (Å²) in [5, 5.41) is 6.30. The van der Waals surface area contributed by atoms with Crippen LogP contribution in [0.4, 0.5) is 5.69 Å². The van der Waals surface area contributed by atoms with Crippen LogP contribution >= 0.6 is 11.8 Å². The number of carbonyl (C=O) groups excluding carboxylic acids is 1. The summed E-state index contributed by atoms with van der Waals surface area (Å²) in [6, 6.07) is 18.5. The van der Waals surface area contributed by atoms with Gasteiger partial charge in [-0.1, -0.05) is 48.0 Å². The maximum atomic E-state index is 11.8. The number of benzene rings is 2. The number of aryl methyl sites for hydroxylation is 1. The minimum absolute atomic E-state index is 0.113. The molecule has 0 aromatic heterocycles. The number of nitrogens with one attached hydrogen (secondary N) is 2. The van der Waals surface area contributed by atoms with E-state index in [2.05, 4.69) is 41.8 Å². The van der Waals surface area contributed by atoms with E-state index in [1.807, 2.05) is 30.3 Å². The summed E-state index contributed by atoms with van der Waals surface area (Å²) in [4.78, 5) is 11.8. The summed E-state index contributed by atoms with van der Waals surface area (Å²) < 4.78 is 0. The van der Waals surface area contributed by atoms with Gasteiger partial charge in [0.1, 0.15) is 0 Å². The van der Waals surface area contributed by atoms with Gasteiger partial charge in [0.05, 0.1) is 5.75 Å². The molecule has 122 valence electrons. The Morgan fingerprint density at radius 3 is 2.65 bits per heavy atom. The highest BCUT2D eigenvalue weighted by Gasteiger charge is 2.01. The second-order valence-corrected chi connectivity index (χ2v) is 6.46. The van der Waals surface area contributed by atoms with Gasteiger partial charge in [0.15, 0.2) is 0 Å². The van der Waals surface area contributed by atoms with E-state index in [0.717, 1.165) is 24.4 Å². The van der Waals surface area contributed by atoms with E-state index in [9.17, 15) is 4.79 Å². The predicted octanol–water partition coefficient (Wildman–Crippen LogP) is 3.85. The van der Waals surface area contributed by atoms with Crippen LogP contribution in [0.25, 0.3) is 0 Å². The Morgan fingerprint density at radius 1 is 1.04 bits per heavy atom. The average molecular weight is 328 g/mol. The fourth-order valence-corrected chi connectivity index (χ4v) is 3.02. The van der Waals surface area contributed by atoms with E-state index in [4.69, 9.17) is 0 Å². The normalized spacial score (nSPS) is 10.3. The molecule has 4 heteroatoms. The molecule has 3 nitrogen and oxygen atoms in total. The lowest BCUT2D eigenvalue weighted by Crippen LogP contribution is -2.27. The fraction of sp³-hybridized carbons (Fsp3) is 0.316. The van der Waals surface area contributed by atoms with Crippen LogP contribution in [0.3, 0.4) is 0 Å². The largest absolute Gasteiger partial charge is 0.385 e. The molecule has 0 fully saturated rings. The highest BCUT2D eigenvalue weighted by molar-refractivity contribution is 7.99. The summed E-state index contributed by atoms with van der Waals surface area (Å²) in [5.41, 5.74) is 3.65. The first-order valence-corrected chi connectivity index (χ1v) is 9.08. The molecule has 2 N–H and O–H groups in total. The van der Waals surface area contributed by atoms with Crippen LogP contribution in [0.2, 0.25) is 0 Å². The maximum absolute atomic E-state index is 11.8. The summed E-state index contributed by atoms with van der Waals surface area (Å²) in [7, 11) is 0. The van der Waals surface area contributed by atoms with Gasteiger partial charge in [0, 0.05) is 24.5 Å². The highest BCUT2D eigenvalue weighted by atomic mass is 32.2. The zero-order valence-corrected chi connectivity index (χ0v) is 14.4. The van der Waals surface area contributed by atoms with Crippen LogP contribution in [0.5, 0.6) is 0 Å². The first kappa shape index (κ1) is 17.4. The van der Waals surface area contributed by atoms with Gasteiger partial charge in [0.2, 0.25) is 5.91 Å². The Balaban J connectivity index is 1.52. The van der Waals surface area contributed by atoms with Crippen molar-refractivity contribution < 1.29 is 4.79 Å². The Bertz CT molecular complexity index is 601. The number of thioether (sulfide) groups is 1. The van der Waals surface area contributed by atoms with Gasteiger partial charge in [-0.2, -0.15) is 0 Å². The summed E-state index contributed by atoms with van der Waals surface area (Å²) in [6.07, 6.45) is 0.920. The molecule has 23 heavy (non-hydrogen) atoms. The molecule has 0 heterocycles. The van der Waals surface area contributed by atoms with E-state index in [1.165, 1.54) is 11.1 Å². The van der Waals surface area contributed by atoms with E-state index < -0.39 is 0 Å². The third-order valence-corrected chi connectivity index (χ3v) is 4.37. The van der Waals surface area contributed by atoms with Crippen LogP contribution in [0, 0.1) is 6.92 Å². The maximum Gasteiger partial charge on any atom is 0.230 e. The number of hydrogen-bond donors (Lipinski definition) is 2. The third kappa shape index (κ3) is 7.24. The molecule has 2 aromatic rings. The number of hydrogen-bond acceptors (Lipinski definition) is 3. The van der Waals surface area contributed by atoms with Crippen LogP contribution in [-0.2, 0) is 10.5 Å². The molecular weight excluding hydrogens is 304 g/mol. The lowest BCUT2D eigenvalue weighted by Gasteiger charge is -2.07. The number of rotatable bonds is 9. The number of para-hydroxylation sites is 1. The summed E-state index contributed by atoms with van der Waals surface area (Å²) in [6.45, 7) is 3.66. The molecule has 0 saturated heterocycles. The molecular formula is C19H24N2OS. The standard InChI is InChI=1S/C19H24N2OS/c1-16-7-5-8-17(13-16)14-23-15-19(22)21-12-6-11-20-18-9-3-2-4-10-18/h2-5,7-10,13,20H,6,11-12,14-15H2,1H3,(H,21,22). The lowest BCUT2D eigenvalue weighted by atomic mass is 10.2. The number of carbonyl (C=O) groups is 1. The molecule has 2 aromatic carbocycles. The zero-order valence-electron chi connectivity index (χ0n) is 13.5. The van der Waals surface area contributed by atoms with Crippen LogP contribution in [0.15, 0.2) is 54.6 Å². The second kappa shape index (κ2) is 9.95. The van der Waals surface area contributed by atoms with Gasteiger partial charge in [0.25, 0.3) is 0 Å². The molecule has 0 atom stereocenters. The van der Waals surface area contributed by atoms with Crippen molar-refractivity contribution in [2.75, 3.05) is 24.2 Å². The summed E-state index contributed by atoms with van der Waals surface area (Å²) >= 11 is 1.66. The smallest absolute Gasteiger partial charge is 0.230 e. The van der Waals surface area contributed by atoms with Crippen molar-refractivity contribution >= 4 is 23.4 Å². The highest BCUT2D eigenvalue weighted by Crippen LogP contribution is 2.13. The Hall–Kier alpha value is -1.94. The first-order chi connectivity index (χ1) is 11.2. The van der Waals surface area contributed by atoms with Crippen LogP contribution in [-0.4, -0.2) is 24.7 Å². The SMILES string of the molecule is Cc1cccc(CSCC(=O)NCCCNc2ccccc2)c1. The monoisotopic (exact) mass is 328 g/mol. The third-order valence-electron chi connectivity index (χ3n) is 3.36. The number of anilines is 1. The fourth-order valence-electron chi connectivity index (χ4n) is 2.22. The lowest BCUT2D eigenvalue weighted by molar-refractivity contribution is -0.118. The van der Waals surface area contributed by atoms with Crippen molar-refractivity contribution in [3.8, 4) is 0 Å². The van der Waals surface area contributed by atoms with Crippen LogP contribution < -0.4 is 10.6 Å². The topological polar surface area (TPSA) is 41.1 Å². The van der Waals surface area contributed by atoms with E-state index >= 15 is 0 Å². The van der Waals surface area contributed by atoms with Gasteiger partial charge in [-0.25, -0.2) is 0 Å². The van der Waals surface area contributed by atoms with E-state index in [-0.39, 0.29) is 5.91 Å². The van der Waals surface area contributed by atoms with Gasteiger partial charge in [-0.15, -0.1) is 11.8 Å². The minimum atomic E-state index is 0.113.